The highest BCUT2D eigenvalue weighted by Gasteiger charge is 2.15. The lowest BCUT2D eigenvalue weighted by Gasteiger charge is -2.24. The van der Waals surface area contributed by atoms with E-state index in [-0.39, 0.29) is 0 Å². The first-order valence-electron chi connectivity index (χ1n) is 4.15. The van der Waals surface area contributed by atoms with Gasteiger partial charge in [0.1, 0.15) is 0 Å². The molecule has 0 N–H and O–H groups in total. The number of alkyl halides is 2. The van der Waals surface area contributed by atoms with E-state index in [9.17, 15) is 0 Å². The van der Waals surface area contributed by atoms with Crippen LogP contribution in [0.3, 0.4) is 0 Å². The van der Waals surface area contributed by atoms with Crippen LogP contribution < -0.4 is 0 Å². The number of rotatable bonds is 5. The van der Waals surface area contributed by atoms with Gasteiger partial charge in [0.05, 0.1) is 6.04 Å². The van der Waals surface area contributed by atoms with Crippen molar-refractivity contribution in [1.82, 2.24) is 4.90 Å². The van der Waals surface area contributed by atoms with E-state index in [1.807, 2.05) is 6.07 Å². The van der Waals surface area contributed by atoms with Crippen LogP contribution in [0.15, 0.2) is 17.5 Å². The summed E-state index contributed by atoms with van der Waals surface area (Å²) < 4.78 is 0. The minimum atomic E-state index is 0.306. The molecule has 4 heteroatoms. The van der Waals surface area contributed by atoms with E-state index in [0.29, 0.717) is 17.8 Å². The first-order valence-corrected chi connectivity index (χ1v) is 6.10. The lowest BCUT2D eigenvalue weighted by molar-refractivity contribution is 0.284. The highest BCUT2D eigenvalue weighted by molar-refractivity contribution is 7.10. The molecule has 0 aliphatic carbocycles. The normalized spacial score (nSPS) is 13.5. The summed E-state index contributed by atoms with van der Waals surface area (Å²) in [5.41, 5.74) is 0. The number of hydrogen-bond acceptors (Lipinski definition) is 2. The molecule has 0 bridgehead atoms. The predicted molar refractivity (Wildman–Crippen MR) is 61.1 cm³/mol. The molecule has 0 saturated carbocycles. The van der Waals surface area contributed by atoms with E-state index >= 15 is 0 Å². The van der Waals surface area contributed by atoms with Gasteiger partial charge in [0.2, 0.25) is 0 Å². The molecule has 1 aromatic rings. The summed E-state index contributed by atoms with van der Waals surface area (Å²) in [5.74, 6) is 1.27. The molecule has 0 aliphatic rings. The van der Waals surface area contributed by atoms with Gasteiger partial charge in [0.15, 0.2) is 0 Å². The zero-order valence-electron chi connectivity index (χ0n) is 7.54. The zero-order chi connectivity index (χ0) is 9.68. The summed E-state index contributed by atoms with van der Waals surface area (Å²) in [4.78, 5) is 3.49. The maximum atomic E-state index is 5.91. The van der Waals surface area contributed by atoms with E-state index in [4.69, 9.17) is 23.2 Å². The molecule has 0 amide bonds. The van der Waals surface area contributed by atoms with E-state index in [2.05, 4.69) is 23.4 Å². The fraction of sp³-hybridized carbons (Fsp3) is 0.556. The Morgan fingerprint density at radius 3 is 2.77 bits per heavy atom. The Kier molecular flexibility index (Phi) is 5.10. The second-order valence-electron chi connectivity index (χ2n) is 2.86. The van der Waals surface area contributed by atoms with Gasteiger partial charge < -0.3 is 0 Å². The van der Waals surface area contributed by atoms with Gasteiger partial charge in [-0.25, -0.2) is 0 Å². The quantitative estimate of drug-likeness (QED) is 0.712. The smallest absolute Gasteiger partial charge is 0.0575 e. The minimum Gasteiger partial charge on any atom is -0.296 e. The molecule has 0 saturated heterocycles. The zero-order valence-corrected chi connectivity index (χ0v) is 9.87. The van der Waals surface area contributed by atoms with Gasteiger partial charge in [-0.05, 0) is 18.5 Å². The summed E-state index contributed by atoms with van der Waals surface area (Å²) in [6.45, 7) is 0.872. The second kappa shape index (κ2) is 5.86. The Labute approximate surface area is 93.3 Å². The highest BCUT2D eigenvalue weighted by Crippen LogP contribution is 2.24. The molecule has 1 unspecified atom stereocenters. The number of hydrogen-bond donors (Lipinski definition) is 0. The first-order chi connectivity index (χ1) is 6.29. The summed E-state index contributed by atoms with van der Waals surface area (Å²) in [5, 5.41) is 2.07. The van der Waals surface area contributed by atoms with Crippen LogP contribution in [0.25, 0.3) is 0 Å². The van der Waals surface area contributed by atoms with Gasteiger partial charge in [0, 0.05) is 23.2 Å². The molecule has 0 spiro atoms. The van der Waals surface area contributed by atoms with E-state index in [1.54, 1.807) is 11.3 Å². The van der Waals surface area contributed by atoms with Gasteiger partial charge in [-0.15, -0.1) is 34.5 Å². The molecule has 1 rings (SSSR count). The highest BCUT2D eigenvalue weighted by atomic mass is 35.5. The monoisotopic (exact) mass is 237 g/mol. The van der Waals surface area contributed by atoms with Crippen molar-refractivity contribution in [3.8, 4) is 0 Å². The largest absolute Gasteiger partial charge is 0.296 e. The summed E-state index contributed by atoms with van der Waals surface area (Å²) in [7, 11) is 2.05. The molecule has 1 atom stereocenters. The molecule has 1 nitrogen and oxygen atoms in total. The molecule has 0 aliphatic heterocycles. The molecule has 13 heavy (non-hydrogen) atoms. The second-order valence-corrected chi connectivity index (χ2v) is 4.52. The van der Waals surface area contributed by atoms with Gasteiger partial charge in [-0.3, -0.25) is 4.90 Å². The maximum Gasteiger partial charge on any atom is 0.0575 e. The first kappa shape index (κ1) is 11.3. The van der Waals surface area contributed by atoms with Gasteiger partial charge in [-0.2, -0.15) is 0 Å². The number of thiophene rings is 1. The minimum absolute atomic E-state index is 0.306. The van der Waals surface area contributed by atoms with Crippen LogP contribution in [-0.2, 0) is 0 Å². The average molecular weight is 238 g/mol. The van der Waals surface area contributed by atoms with Crippen molar-refractivity contribution in [3.05, 3.63) is 22.4 Å². The molecule has 1 heterocycles. The fourth-order valence-corrected chi connectivity index (χ4v) is 2.83. The fourth-order valence-electron chi connectivity index (χ4n) is 1.18. The standard InChI is InChI=1S/C9H13Cl2NS/c1-12(5-4-10)8(7-11)9-3-2-6-13-9/h2-3,6,8H,4-5,7H2,1H3. The molecule has 0 radical (unpaired) electrons. The van der Waals surface area contributed by atoms with E-state index < -0.39 is 0 Å². The van der Waals surface area contributed by atoms with Crippen LogP contribution >= 0.6 is 34.5 Å². The van der Waals surface area contributed by atoms with Crippen LogP contribution in [0.1, 0.15) is 10.9 Å². The van der Waals surface area contributed by atoms with Crippen LogP contribution in [0.2, 0.25) is 0 Å². The maximum absolute atomic E-state index is 5.91. The van der Waals surface area contributed by atoms with Gasteiger partial charge in [-0.1, -0.05) is 6.07 Å². The van der Waals surface area contributed by atoms with Crippen molar-refractivity contribution < 1.29 is 0 Å². The predicted octanol–water partition coefficient (Wildman–Crippen LogP) is 3.20. The van der Waals surface area contributed by atoms with Gasteiger partial charge >= 0.3 is 0 Å². The number of nitrogens with zero attached hydrogens (tertiary/aromatic N) is 1. The van der Waals surface area contributed by atoms with Crippen molar-refractivity contribution in [1.29, 1.82) is 0 Å². The molecular weight excluding hydrogens is 225 g/mol. The van der Waals surface area contributed by atoms with Crippen LogP contribution in [0.4, 0.5) is 0 Å². The third kappa shape index (κ3) is 3.13. The van der Waals surface area contributed by atoms with E-state index in [1.165, 1.54) is 4.88 Å². The topological polar surface area (TPSA) is 3.24 Å². The summed E-state index contributed by atoms with van der Waals surface area (Å²) in [6, 6.07) is 4.47. The van der Waals surface area contributed by atoms with E-state index in [0.717, 1.165) is 6.54 Å². The van der Waals surface area contributed by atoms with Crippen molar-refractivity contribution in [2.75, 3.05) is 25.4 Å². The molecular formula is C9H13Cl2NS. The third-order valence-electron chi connectivity index (χ3n) is 1.99. The third-order valence-corrected chi connectivity index (χ3v) is 3.42. The Hall–Kier alpha value is 0.240. The Morgan fingerprint density at radius 2 is 2.31 bits per heavy atom. The molecule has 1 aromatic heterocycles. The SMILES string of the molecule is CN(CCCl)C(CCl)c1cccs1. The van der Waals surface area contributed by atoms with Crippen LogP contribution in [0, 0.1) is 0 Å². The van der Waals surface area contributed by atoms with Crippen molar-refractivity contribution in [3.63, 3.8) is 0 Å². The van der Waals surface area contributed by atoms with Crippen molar-refractivity contribution >= 4 is 34.5 Å². The lowest BCUT2D eigenvalue weighted by atomic mass is 10.2. The Bertz CT molecular complexity index is 226. The van der Waals surface area contributed by atoms with Gasteiger partial charge in [0.25, 0.3) is 0 Å². The number of halogens is 2. The molecule has 0 aromatic carbocycles. The van der Waals surface area contributed by atoms with Crippen molar-refractivity contribution in [2.45, 2.75) is 6.04 Å². The average Bonchev–Trinajstić information content (AvgIpc) is 2.59. The summed E-state index contributed by atoms with van der Waals surface area (Å²) >= 11 is 13.3. The molecule has 0 fully saturated rings. The Balaban J connectivity index is 2.62. The summed E-state index contributed by atoms with van der Waals surface area (Å²) in [6.07, 6.45) is 0. The lowest BCUT2D eigenvalue weighted by Crippen LogP contribution is -2.27. The molecule has 74 valence electrons. The van der Waals surface area contributed by atoms with Crippen LogP contribution in [-0.4, -0.2) is 30.3 Å². The van der Waals surface area contributed by atoms with Crippen LogP contribution in [0.5, 0.6) is 0 Å². The Morgan fingerprint density at radius 1 is 1.54 bits per heavy atom. The van der Waals surface area contributed by atoms with Crippen molar-refractivity contribution in [2.24, 2.45) is 0 Å².